The summed E-state index contributed by atoms with van der Waals surface area (Å²) in [7, 11) is 0. The Morgan fingerprint density at radius 2 is 2.07 bits per heavy atom. The number of aliphatic carboxylic acids is 1. The molecule has 0 radical (unpaired) electrons. The first-order chi connectivity index (χ1) is 6.31. The van der Waals surface area contributed by atoms with Crippen molar-refractivity contribution < 1.29 is 19.5 Å². The standard InChI is InChI=1S/C9H17NO4/c1-5-7(8(12)13)10(6-11)14-9(2,3)4/h6-7H,5H2,1-4H3,(H,12,13)/t7-/m0/s1. The molecule has 0 saturated heterocycles. The molecule has 0 fully saturated rings. The fraction of sp³-hybridized carbons (Fsp3) is 0.778. The molecule has 1 N–H and O–H groups in total. The Balaban J connectivity index is 4.53. The van der Waals surface area contributed by atoms with Crippen molar-refractivity contribution in [2.45, 2.75) is 45.8 Å². The lowest BCUT2D eigenvalue weighted by molar-refractivity contribution is -0.234. The van der Waals surface area contributed by atoms with Crippen LogP contribution < -0.4 is 0 Å². The number of amides is 1. The summed E-state index contributed by atoms with van der Waals surface area (Å²) in [6.07, 6.45) is 0.706. The van der Waals surface area contributed by atoms with E-state index in [-0.39, 0.29) is 0 Å². The molecule has 0 aromatic carbocycles. The molecule has 82 valence electrons. The van der Waals surface area contributed by atoms with Crippen LogP contribution >= 0.6 is 0 Å². The molecule has 0 unspecified atom stereocenters. The summed E-state index contributed by atoms with van der Waals surface area (Å²) >= 11 is 0. The second-order valence-corrected chi connectivity index (χ2v) is 3.93. The second kappa shape index (κ2) is 4.95. The van der Waals surface area contributed by atoms with E-state index in [2.05, 4.69) is 0 Å². The molecule has 5 heteroatoms. The molecule has 0 rings (SSSR count). The van der Waals surface area contributed by atoms with Gasteiger partial charge in [-0.3, -0.25) is 9.63 Å². The first-order valence-corrected chi connectivity index (χ1v) is 4.47. The van der Waals surface area contributed by atoms with E-state index < -0.39 is 17.6 Å². The van der Waals surface area contributed by atoms with Gasteiger partial charge in [-0.25, -0.2) is 9.86 Å². The minimum atomic E-state index is -1.07. The highest BCUT2D eigenvalue weighted by Gasteiger charge is 2.27. The molecule has 0 bridgehead atoms. The van der Waals surface area contributed by atoms with Gasteiger partial charge in [0.25, 0.3) is 0 Å². The maximum Gasteiger partial charge on any atom is 0.329 e. The van der Waals surface area contributed by atoms with E-state index in [4.69, 9.17) is 9.94 Å². The third-order valence-corrected chi connectivity index (χ3v) is 1.46. The average Bonchev–Trinajstić information content (AvgIpc) is 2.00. The van der Waals surface area contributed by atoms with Crippen LogP contribution in [0.3, 0.4) is 0 Å². The van der Waals surface area contributed by atoms with Crippen molar-refractivity contribution in [2.75, 3.05) is 0 Å². The van der Waals surface area contributed by atoms with Crippen LogP contribution in [-0.4, -0.2) is 34.2 Å². The fourth-order valence-corrected chi connectivity index (χ4v) is 0.938. The molecule has 0 saturated carbocycles. The van der Waals surface area contributed by atoms with E-state index in [1.165, 1.54) is 0 Å². The van der Waals surface area contributed by atoms with E-state index in [0.29, 0.717) is 12.8 Å². The predicted molar refractivity (Wildman–Crippen MR) is 50.5 cm³/mol. The summed E-state index contributed by atoms with van der Waals surface area (Å²) in [4.78, 5) is 26.5. The van der Waals surface area contributed by atoms with Crippen molar-refractivity contribution in [3.8, 4) is 0 Å². The van der Waals surface area contributed by atoms with E-state index >= 15 is 0 Å². The second-order valence-electron chi connectivity index (χ2n) is 3.93. The van der Waals surface area contributed by atoms with Gasteiger partial charge < -0.3 is 5.11 Å². The number of carboxylic acids is 1. The Morgan fingerprint density at radius 1 is 1.57 bits per heavy atom. The minimum Gasteiger partial charge on any atom is -0.480 e. The van der Waals surface area contributed by atoms with Crippen molar-refractivity contribution in [3.63, 3.8) is 0 Å². The van der Waals surface area contributed by atoms with Crippen molar-refractivity contribution in [1.82, 2.24) is 5.06 Å². The fourth-order valence-electron chi connectivity index (χ4n) is 0.938. The number of hydroxylamine groups is 2. The lowest BCUT2D eigenvalue weighted by atomic mass is 10.2. The van der Waals surface area contributed by atoms with Crippen molar-refractivity contribution in [1.29, 1.82) is 0 Å². The summed E-state index contributed by atoms with van der Waals surface area (Å²) in [6.45, 7) is 6.93. The van der Waals surface area contributed by atoms with Crippen LogP contribution in [0.15, 0.2) is 0 Å². The minimum absolute atomic E-state index is 0.310. The van der Waals surface area contributed by atoms with Crippen LogP contribution in [-0.2, 0) is 14.4 Å². The zero-order valence-electron chi connectivity index (χ0n) is 8.98. The molecule has 0 aliphatic rings. The quantitative estimate of drug-likeness (QED) is 0.535. The van der Waals surface area contributed by atoms with Crippen LogP contribution in [0, 0.1) is 0 Å². The number of hydrogen-bond acceptors (Lipinski definition) is 3. The van der Waals surface area contributed by atoms with Gasteiger partial charge in [0.2, 0.25) is 6.41 Å². The monoisotopic (exact) mass is 203 g/mol. The summed E-state index contributed by atoms with van der Waals surface area (Å²) in [5, 5.41) is 9.64. The highest BCUT2D eigenvalue weighted by atomic mass is 16.7. The highest BCUT2D eigenvalue weighted by Crippen LogP contribution is 2.13. The first-order valence-electron chi connectivity index (χ1n) is 4.47. The number of nitrogens with zero attached hydrogens (tertiary/aromatic N) is 1. The van der Waals surface area contributed by atoms with Gasteiger partial charge in [-0.05, 0) is 27.2 Å². The molecular formula is C9H17NO4. The summed E-state index contributed by atoms with van der Waals surface area (Å²) in [5.74, 6) is -1.07. The van der Waals surface area contributed by atoms with E-state index in [0.717, 1.165) is 5.06 Å². The van der Waals surface area contributed by atoms with Crippen molar-refractivity contribution in [3.05, 3.63) is 0 Å². The number of carboxylic acid groups (broad SMARTS) is 1. The molecule has 0 spiro atoms. The zero-order valence-corrected chi connectivity index (χ0v) is 8.98. The van der Waals surface area contributed by atoms with Gasteiger partial charge in [0, 0.05) is 0 Å². The lowest BCUT2D eigenvalue weighted by Crippen LogP contribution is -2.44. The number of carbonyl (C=O) groups excluding carboxylic acids is 1. The van der Waals surface area contributed by atoms with Gasteiger partial charge in [0.15, 0.2) is 6.04 Å². The normalized spacial score (nSPS) is 13.4. The molecular weight excluding hydrogens is 186 g/mol. The van der Waals surface area contributed by atoms with Gasteiger partial charge in [-0.1, -0.05) is 6.92 Å². The van der Waals surface area contributed by atoms with Gasteiger partial charge >= 0.3 is 5.97 Å². The van der Waals surface area contributed by atoms with Gasteiger partial charge in [-0.2, -0.15) is 0 Å². The average molecular weight is 203 g/mol. The number of carbonyl (C=O) groups is 2. The van der Waals surface area contributed by atoms with Crippen LogP contribution in [0.5, 0.6) is 0 Å². The van der Waals surface area contributed by atoms with Crippen LogP contribution in [0.2, 0.25) is 0 Å². The summed E-state index contributed by atoms with van der Waals surface area (Å²) in [5.41, 5.74) is -0.580. The molecule has 0 aromatic heterocycles. The largest absolute Gasteiger partial charge is 0.480 e. The Labute approximate surface area is 83.6 Å². The SMILES string of the molecule is CC[C@@H](C(=O)O)N(C=O)OC(C)(C)C. The smallest absolute Gasteiger partial charge is 0.329 e. The predicted octanol–water partition coefficient (Wildman–Crippen LogP) is 1.04. The molecule has 0 aromatic rings. The molecule has 0 heterocycles. The molecule has 1 amide bonds. The Morgan fingerprint density at radius 3 is 2.29 bits per heavy atom. The van der Waals surface area contributed by atoms with Crippen molar-refractivity contribution >= 4 is 12.4 Å². The molecule has 0 aliphatic carbocycles. The Bertz CT molecular complexity index is 209. The third-order valence-electron chi connectivity index (χ3n) is 1.46. The van der Waals surface area contributed by atoms with Crippen LogP contribution in [0.4, 0.5) is 0 Å². The maximum absolute atomic E-state index is 10.7. The van der Waals surface area contributed by atoms with E-state index in [9.17, 15) is 9.59 Å². The highest BCUT2D eigenvalue weighted by molar-refractivity contribution is 5.75. The Hall–Kier alpha value is -1.10. The van der Waals surface area contributed by atoms with Crippen molar-refractivity contribution in [2.24, 2.45) is 0 Å². The lowest BCUT2D eigenvalue weighted by Gasteiger charge is -2.30. The third kappa shape index (κ3) is 4.23. The summed E-state index contributed by atoms with van der Waals surface area (Å²) < 4.78 is 0. The summed E-state index contributed by atoms with van der Waals surface area (Å²) in [6, 6.07) is -0.924. The zero-order chi connectivity index (χ0) is 11.4. The van der Waals surface area contributed by atoms with E-state index in [1.54, 1.807) is 27.7 Å². The van der Waals surface area contributed by atoms with Crippen LogP contribution in [0.1, 0.15) is 34.1 Å². The molecule has 5 nitrogen and oxygen atoms in total. The molecule has 1 atom stereocenters. The number of rotatable bonds is 5. The van der Waals surface area contributed by atoms with E-state index in [1.807, 2.05) is 0 Å². The number of hydrogen-bond donors (Lipinski definition) is 1. The molecule has 0 aliphatic heterocycles. The molecule has 14 heavy (non-hydrogen) atoms. The van der Waals surface area contributed by atoms with Gasteiger partial charge in [-0.15, -0.1) is 0 Å². The Kier molecular flexibility index (Phi) is 4.56. The van der Waals surface area contributed by atoms with Gasteiger partial charge in [0.05, 0.1) is 5.60 Å². The maximum atomic E-state index is 10.7. The first kappa shape index (κ1) is 12.9. The van der Waals surface area contributed by atoms with Crippen LogP contribution in [0.25, 0.3) is 0 Å². The van der Waals surface area contributed by atoms with Gasteiger partial charge in [0.1, 0.15) is 0 Å². The topological polar surface area (TPSA) is 66.8 Å².